The lowest BCUT2D eigenvalue weighted by molar-refractivity contribution is -0.143. The van der Waals surface area contributed by atoms with Gasteiger partial charge in [0.05, 0.1) is 18.6 Å². The predicted molar refractivity (Wildman–Crippen MR) is 69.7 cm³/mol. The number of esters is 1. The minimum Gasteiger partial charge on any atom is -0.466 e. The number of carbonyl (C=O) groups excluding carboxylic acids is 2. The smallest absolute Gasteiger partial charge is 0.416 e. The van der Waals surface area contributed by atoms with Crippen LogP contribution in [0, 0.1) is 0 Å². The van der Waals surface area contributed by atoms with E-state index >= 15 is 0 Å². The first-order chi connectivity index (χ1) is 9.82. The minimum atomic E-state index is -4.47. The van der Waals surface area contributed by atoms with Crippen molar-refractivity contribution in [3.05, 3.63) is 29.8 Å². The highest BCUT2D eigenvalue weighted by atomic mass is 19.4. The lowest BCUT2D eigenvalue weighted by Gasteiger charge is -2.10. The summed E-state index contributed by atoms with van der Waals surface area (Å²) in [6.45, 7) is 1.94. The van der Waals surface area contributed by atoms with Crippen LogP contribution < -0.4 is 10.6 Å². The van der Waals surface area contributed by atoms with Crippen LogP contribution in [0.4, 0.5) is 23.7 Å². The van der Waals surface area contributed by atoms with Gasteiger partial charge in [-0.2, -0.15) is 13.2 Å². The summed E-state index contributed by atoms with van der Waals surface area (Å²) in [6.07, 6.45) is -4.48. The summed E-state index contributed by atoms with van der Waals surface area (Å²) in [6, 6.07) is 3.56. The molecule has 0 radical (unpaired) electrons. The van der Waals surface area contributed by atoms with Crippen LogP contribution >= 0.6 is 0 Å². The molecule has 1 rings (SSSR count). The van der Waals surface area contributed by atoms with Crippen LogP contribution in [-0.2, 0) is 15.7 Å². The highest BCUT2D eigenvalue weighted by molar-refractivity contribution is 5.89. The van der Waals surface area contributed by atoms with Crippen molar-refractivity contribution in [3.63, 3.8) is 0 Å². The second-order valence-corrected chi connectivity index (χ2v) is 4.01. The number of hydrogen-bond donors (Lipinski definition) is 2. The monoisotopic (exact) mass is 304 g/mol. The lowest BCUT2D eigenvalue weighted by Crippen LogP contribution is -2.31. The van der Waals surface area contributed by atoms with Gasteiger partial charge in [-0.15, -0.1) is 0 Å². The molecule has 0 unspecified atom stereocenters. The highest BCUT2D eigenvalue weighted by Gasteiger charge is 2.30. The number of alkyl halides is 3. The summed E-state index contributed by atoms with van der Waals surface area (Å²) >= 11 is 0. The molecule has 21 heavy (non-hydrogen) atoms. The van der Waals surface area contributed by atoms with Gasteiger partial charge >= 0.3 is 18.2 Å². The standard InChI is InChI=1S/C13H15F3N2O3/c1-2-21-11(19)6-7-17-12(20)18-10-5-3-4-9(8-10)13(14,15)16/h3-5,8H,2,6-7H2,1H3,(H2,17,18,20). The maximum absolute atomic E-state index is 12.5. The van der Waals surface area contributed by atoms with Gasteiger partial charge in [0, 0.05) is 12.2 Å². The molecule has 1 aromatic rings. The number of nitrogens with one attached hydrogen (secondary N) is 2. The zero-order valence-corrected chi connectivity index (χ0v) is 11.3. The molecule has 116 valence electrons. The van der Waals surface area contributed by atoms with Crippen molar-refractivity contribution in [2.45, 2.75) is 19.5 Å². The Morgan fingerprint density at radius 1 is 1.29 bits per heavy atom. The van der Waals surface area contributed by atoms with E-state index < -0.39 is 23.7 Å². The number of halogens is 3. The van der Waals surface area contributed by atoms with Crippen LogP contribution in [0.1, 0.15) is 18.9 Å². The van der Waals surface area contributed by atoms with Crippen LogP contribution in [0.2, 0.25) is 0 Å². The van der Waals surface area contributed by atoms with Crippen molar-refractivity contribution in [1.29, 1.82) is 0 Å². The average molecular weight is 304 g/mol. The Labute approximate surface area is 119 Å². The zero-order valence-electron chi connectivity index (χ0n) is 11.3. The molecule has 0 aliphatic rings. The molecule has 0 fully saturated rings. The molecule has 0 bridgehead atoms. The maximum Gasteiger partial charge on any atom is 0.416 e. The Kier molecular flexibility index (Phi) is 6.01. The first-order valence-electron chi connectivity index (χ1n) is 6.20. The van der Waals surface area contributed by atoms with Crippen LogP contribution in [0.25, 0.3) is 0 Å². The molecule has 2 N–H and O–H groups in total. The van der Waals surface area contributed by atoms with Gasteiger partial charge in [0.15, 0.2) is 0 Å². The summed E-state index contributed by atoms with van der Waals surface area (Å²) < 4.78 is 42.1. The second-order valence-electron chi connectivity index (χ2n) is 4.01. The Hall–Kier alpha value is -2.25. The topological polar surface area (TPSA) is 67.4 Å². The Morgan fingerprint density at radius 2 is 2.00 bits per heavy atom. The fraction of sp³-hybridized carbons (Fsp3) is 0.385. The van der Waals surface area contributed by atoms with Crippen molar-refractivity contribution in [1.82, 2.24) is 5.32 Å². The van der Waals surface area contributed by atoms with E-state index in [1.807, 2.05) is 0 Å². The van der Waals surface area contributed by atoms with E-state index in [1.165, 1.54) is 12.1 Å². The van der Waals surface area contributed by atoms with Crippen molar-refractivity contribution in [2.24, 2.45) is 0 Å². The first-order valence-corrected chi connectivity index (χ1v) is 6.20. The molecule has 8 heteroatoms. The van der Waals surface area contributed by atoms with E-state index in [0.29, 0.717) is 0 Å². The number of hydrogen-bond acceptors (Lipinski definition) is 3. The molecule has 0 atom stereocenters. The number of urea groups is 1. The fourth-order valence-corrected chi connectivity index (χ4v) is 1.46. The molecular weight excluding hydrogens is 289 g/mol. The molecule has 0 aliphatic carbocycles. The molecule has 0 saturated carbocycles. The number of amides is 2. The van der Waals surface area contributed by atoms with Crippen molar-refractivity contribution in [2.75, 3.05) is 18.5 Å². The highest BCUT2D eigenvalue weighted by Crippen LogP contribution is 2.30. The van der Waals surface area contributed by atoms with E-state index in [9.17, 15) is 22.8 Å². The molecule has 0 aromatic heterocycles. The van der Waals surface area contributed by atoms with Crippen LogP contribution in [0.15, 0.2) is 24.3 Å². The Bertz CT molecular complexity index is 504. The number of rotatable bonds is 5. The first kappa shape index (κ1) is 16.8. The summed E-state index contributed by atoms with van der Waals surface area (Å²) in [5.41, 5.74) is -0.842. The normalized spacial score (nSPS) is 10.9. The van der Waals surface area contributed by atoms with Gasteiger partial charge < -0.3 is 15.4 Å². The number of anilines is 1. The molecule has 0 spiro atoms. The van der Waals surface area contributed by atoms with E-state index in [-0.39, 0.29) is 25.3 Å². The molecule has 0 saturated heterocycles. The quantitative estimate of drug-likeness (QED) is 0.822. The summed E-state index contributed by atoms with van der Waals surface area (Å²) in [4.78, 5) is 22.5. The number of ether oxygens (including phenoxy) is 1. The van der Waals surface area contributed by atoms with Gasteiger partial charge in [0.25, 0.3) is 0 Å². The third-order valence-corrected chi connectivity index (χ3v) is 2.37. The molecule has 0 heterocycles. The van der Waals surface area contributed by atoms with E-state index in [2.05, 4.69) is 15.4 Å². The fourth-order valence-electron chi connectivity index (χ4n) is 1.46. The van der Waals surface area contributed by atoms with Gasteiger partial charge in [0.1, 0.15) is 0 Å². The van der Waals surface area contributed by atoms with Gasteiger partial charge in [-0.25, -0.2) is 4.79 Å². The predicted octanol–water partition coefficient (Wildman–Crippen LogP) is 2.78. The second kappa shape index (κ2) is 7.51. The van der Waals surface area contributed by atoms with Crippen molar-refractivity contribution < 1.29 is 27.5 Å². The molecule has 5 nitrogen and oxygen atoms in total. The van der Waals surface area contributed by atoms with Gasteiger partial charge in [-0.05, 0) is 25.1 Å². The summed E-state index contributed by atoms with van der Waals surface area (Å²) in [5, 5.41) is 4.60. The van der Waals surface area contributed by atoms with Gasteiger partial charge in [-0.1, -0.05) is 6.07 Å². The largest absolute Gasteiger partial charge is 0.466 e. The summed E-state index contributed by atoms with van der Waals surface area (Å²) in [7, 11) is 0. The SMILES string of the molecule is CCOC(=O)CCNC(=O)Nc1cccc(C(F)(F)F)c1. The van der Waals surface area contributed by atoms with Crippen molar-refractivity contribution >= 4 is 17.7 Å². The van der Waals surface area contributed by atoms with Crippen LogP contribution in [0.3, 0.4) is 0 Å². The van der Waals surface area contributed by atoms with Crippen LogP contribution in [0.5, 0.6) is 0 Å². The Balaban J connectivity index is 2.46. The molecular formula is C13H15F3N2O3. The zero-order chi connectivity index (χ0) is 15.9. The van der Waals surface area contributed by atoms with E-state index in [1.54, 1.807) is 6.92 Å². The average Bonchev–Trinajstić information content (AvgIpc) is 2.38. The maximum atomic E-state index is 12.5. The molecule has 1 aromatic carbocycles. The lowest BCUT2D eigenvalue weighted by atomic mass is 10.2. The third kappa shape index (κ3) is 6.15. The van der Waals surface area contributed by atoms with Gasteiger partial charge in [0.2, 0.25) is 0 Å². The van der Waals surface area contributed by atoms with Gasteiger partial charge in [-0.3, -0.25) is 4.79 Å². The third-order valence-electron chi connectivity index (χ3n) is 2.37. The molecule has 0 aliphatic heterocycles. The minimum absolute atomic E-state index is 0.0101. The Morgan fingerprint density at radius 3 is 2.62 bits per heavy atom. The van der Waals surface area contributed by atoms with Crippen molar-refractivity contribution in [3.8, 4) is 0 Å². The summed E-state index contributed by atoms with van der Waals surface area (Å²) in [5.74, 6) is -0.461. The van der Waals surface area contributed by atoms with Crippen LogP contribution in [-0.4, -0.2) is 25.2 Å². The number of benzene rings is 1. The van der Waals surface area contributed by atoms with E-state index in [0.717, 1.165) is 12.1 Å². The van der Waals surface area contributed by atoms with E-state index in [4.69, 9.17) is 0 Å². The molecule has 2 amide bonds. The number of carbonyl (C=O) groups is 2.